The Balaban J connectivity index is 2.17. The summed E-state index contributed by atoms with van der Waals surface area (Å²) in [6.07, 6.45) is 4.48. The molecule has 0 aliphatic heterocycles. The fourth-order valence-corrected chi connectivity index (χ4v) is 1.64. The minimum atomic E-state index is 0.377. The maximum absolute atomic E-state index is 11.0. The van der Waals surface area contributed by atoms with E-state index in [1.165, 1.54) is 11.1 Å². The number of ketones is 1. The molecule has 1 nitrogen and oxygen atoms in total. The van der Waals surface area contributed by atoms with E-state index in [1.807, 2.05) is 18.2 Å². The first kappa shape index (κ1) is 8.24. The van der Waals surface area contributed by atoms with Crippen LogP contribution in [0, 0.1) is 0 Å². The summed E-state index contributed by atoms with van der Waals surface area (Å²) in [6.45, 7) is 0. The molecule has 1 saturated carbocycles. The van der Waals surface area contributed by atoms with E-state index in [0.29, 0.717) is 12.2 Å². The van der Waals surface area contributed by atoms with Gasteiger partial charge in [0.1, 0.15) is 5.78 Å². The van der Waals surface area contributed by atoms with Crippen molar-refractivity contribution >= 4 is 11.9 Å². The highest BCUT2D eigenvalue weighted by molar-refractivity contribution is 5.85. The van der Waals surface area contributed by atoms with Gasteiger partial charge in [-0.15, -0.1) is 0 Å². The summed E-state index contributed by atoms with van der Waals surface area (Å²) in [4.78, 5) is 11.0. The number of carbonyl (C=O) groups excluding carboxylic acids is 1. The second-order valence-corrected chi connectivity index (χ2v) is 3.43. The average molecular weight is 172 g/mol. The molecule has 0 bridgehead atoms. The topological polar surface area (TPSA) is 17.1 Å². The monoisotopic (exact) mass is 172 g/mol. The molecule has 0 spiro atoms. The highest BCUT2D eigenvalue weighted by atomic mass is 16.1. The van der Waals surface area contributed by atoms with Crippen molar-refractivity contribution in [1.29, 1.82) is 0 Å². The van der Waals surface area contributed by atoms with Gasteiger partial charge in [-0.2, -0.15) is 0 Å². The second-order valence-electron chi connectivity index (χ2n) is 3.43. The maximum atomic E-state index is 11.0. The van der Waals surface area contributed by atoms with Crippen LogP contribution in [0.3, 0.4) is 0 Å². The van der Waals surface area contributed by atoms with Gasteiger partial charge in [0.05, 0.1) is 0 Å². The molecule has 0 saturated heterocycles. The Labute approximate surface area is 78.1 Å². The first-order valence-corrected chi connectivity index (χ1v) is 4.61. The molecule has 0 N–H and O–H groups in total. The molecule has 0 radical (unpaired) electrons. The number of Topliss-reactive ketones (excluding diaryl/α,β-unsaturated/α-hetero) is 1. The fourth-order valence-electron chi connectivity index (χ4n) is 1.64. The fraction of sp³-hybridized carbons (Fsp3) is 0.250. The zero-order valence-corrected chi connectivity index (χ0v) is 7.49. The lowest BCUT2D eigenvalue weighted by Crippen LogP contribution is -1.83. The van der Waals surface area contributed by atoms with Crippen LogP contribution in [0.15, 0.2) is 35.9 Å². The molecule has 0 unspecified atom stereocenters. The van der Waals surface area contributed by atoms with Gasteiger partial charge in [-0.3, -0.25) is 4.79 Å². The summed E-state index contributed by atoms with van der Waals surface area (Å²) in [5.74, 6) is 0.377. The number of hydrogen-bond acceptors (Lipinski definition) is 1. The van der Waals surface area contributed by atoms with Crippen LogP contribution in [-0.2, 0) is 4.79 Å². The van der Waals surface area contributed by atoms with Crippen LogP contribution in [0.25, 0.3) is 6.08 Å². The third-order valence-corrected chi connectivity index (χ3v) is 2.32. The molecule has 1 aliphatic rings. The molecular formula is C12H12O. The van der Waals surface area contributed by atoms with Crippen LogP contribution in [0.4, 0.5) is 0 Å². The largest absolute Gasteiger partial charge is 0.299 e. The lowest BCUT2D eigenvalue weighted by atomic mass is 10.1. The molecule has 0 heterocycles. The van der Waals surface area contributed by atoms with Crippen molar-refractivity contribution in [3.8, 4) is 0 Å². The molecular weight excluding hydrogens is 160 g/mol. The van der Waals surface area contributed by atoms with E-state index in [-0.39, 0.29) is 0 Å². The van der Waals surface area contributed by atoms with Crippen LogP contribution < -0.4 is 0 Å². The van der Waals surface area contributed by atoms with E-state index in [1.54, 1.807) is 0 Å². The summed E-state index contributed by atoms with van der Waals surface area (Å²) in [5, 5.41) is 0. The third kappa shape index (κ3) is 2.05. The second kappa shape index (κ2) is 3.56. The van der Waals surface area contributed by atoms with Crippen molar-refractivity contribution in [2.45, 2.75) is 19.3 Å². The first-order valence-electron chi connectivity index (χ1n) is 4.61. The zero-order chi connectivity index (χ0) is 9.10. The Bertz CT molecular complexity index is 335. The van der Waals surface area contributed by atoms with Crippen molar-refractivity contribution in [1.82, 2.24) is 0 Å². The van der Waals surface area contributed by atoms with Crippen LogP contribution in [0.5, 0.6) is 0 Å². The molecule has 1 aromatic carbocycles. The van der Waals surface area contributed by atoms with Crippen LogP contribution in [0.1, 0.15) is 24.8 Å². The van der Waals surface area contributed by atoms with Gasteiger partial charge in [-0.25, -0.2) is 0 Å². The van der Waals surface area contributed by atoms with E-state index in [2.05, 4.69) is 18.2 Å². The van der Waals surface area contributed by atoms with Crippen LogP contribution in [0.2, 0.25) is 0 Å². The van der Waals surface area contributed by atoms with Crippen LogP contribution in [-0.4, -0.2) is 5.78 Å². The third-order valence-electron chi connectivity index (χ3n) is 2.32. The summed E-state index contributed by atoms with van der Waals surface area (Å²) < 4.78 is 0. The lowest BCUT2D eigenvalue weighted by Gasteiger charge is -1.94. The van der Waals surface area contributed by atoms with Crippen molar-refractivity contribution in [3.05, 3.63) is 41.5 Å². The molecule has 0 aromatic heterocycles. The highest BCUT2D eigenvalue weighted by Gasteiger charge is 2.14. The minimum Gasteiger partial charge on any atom is -0.299 e. The normalized spacial score (nSPS) is 19.7. The Hall–Kier alpha value is -1.37. The van der Waals surface area contributed by atoms with Gasteiger partial charge in [0.2, 0.25) is 0 Å². The summed E-state index contributed by atoms with van der Waals surface area (Å²) >= 11 is 0. The molecule has 66 valence electrons. The van der Waals surface area contributed by atoms with Gasteiger partial charge < -0.3 is 0 Å². The number of allylic oxidation sites excluding steroid dienone is 1. The van der Waals surface area contributed by atoms with Crippen molar-refractivity contribution in [3.63, 3.8) is 0 Å². The minimum absolute atomic E-state index is 0.377. The number of carbonyl (C=O) groups is 1. The Morgan fingerprint density at radius 2 is 1.85 bits per heavy atom. The van der Waals surface area contributed by atoms with Crippen molar-refractivity contribution in [2.24, 2.45) is 0 Å². The molecule has 0 amide bonds. The molecule has 1 aromatic rings. The van der Waals surface area contributed by atoms with Gasteiger partial charge in [0, 0.05) is 12.8 Å². The van der Waals surface area contributed by atoms with Gasteiger partial charge >= 0.3 is 0 Å². The van der Waals surface area contributed by atoms with Crippen molar-refractivity contribution in [2.75, 3.05) is 0 Å². The Morgan fingerprint density at radius 3 is 2.46 bits per heavy atom. The zero-order valence-electron chi connectivity index (χ0n) is 7.49. The van der Waals surface area contributed by atoms with Crippen LogP contribution >= 0.6 is 0 Å². The molecule has 13 heavy (non-hydrogen) atoms. The molecule has 1 aliphatic carbocycles. The van der Waals surface area contributed by atoms with Gasteiger partial charge in [0.25, 0.3) is 0 Å². The number of benzene rings is 1. The molecule has 0 atom stereocenters. The highest BCUT2D eigenvalue weighted by Crippen LogP contribution is 2.23. The smallest absolute Gasteiger partial charge is 0.137 e. The Kier molecular flexibility index (Phi) is 2.26. The summed E-state index contributed by atoms with van der Waals surface area (Å²) in [5.41, 5.74) is 2.48. The van der Waals surface area contributed by atoms with Gasteiger partial charge in [-0.05, 0) is 12.0 Å². The van der Waals surface area contributed by atoms with Gasteiger partial charge in [-0.1, -0.05) is 42.0 Å². The Morgan fingerprint density at radius 1 is 1.08 bits per heavy atom. The average Bonchev–Trinajstić information content (AvgIpc) is 2.53. The van der Waals surface area contributed by atoms with E-state index >= 15 is 0 Å². The summed E-state index contributed by atoms with van der Waals surface area (Å²) in [7, 11) is 0. The van der Waals surface area contributed by atoms with Crippen molar-refractivity contribution < 1.29 is 4.79 Å². The van der Waals surface area contributed by atoms with E-state index in [9.17, 15) is 4.79 Å². The predicted molar refractivity (Wildman–Crippen MR) is 53.3 cm³/mol. The summed E-state index contributed by atoms with van der Waals surface area (Å²) in [6, 6.07) is 10.2. The maximum Gasteiger partial charge on any atom is 0.137 e. The molecule has 2 rings (SSSR count). The van der Waals surface area contributed by atoms with E-state index in [0.717, 1.165) is 12.8 Å². The van der Waals surface area contributed by atoms with E-state index < -0.39 is 0 Å². The standard InChI is InChI=1S/C12H12O/c13-12-7-6-11(9-12)8-10-4-2-1-3-5-10/h1-5,8H,6-7,9H2. The SMILES string of the molecule is O=C1CCC(=Cc2ccccc2)C1. The first-order chi connectivity index (χ1) is 6.34. The predicted octanol–water partition coefficient (Wildman–Crippen LogP) is 2.82. The quantitative estimate of drug-likeness (QED) is 0.636. The number of hydrogen-bond donors (Lipinski definition) is 0. The molecule has 1 fully saturated rings. The lowest BCUT2D eigenvalue weighted by molar-refractivity contribution is -0.117. The molecule has 1 heteroatoms. The van der Waals surface area contributed by atoms with E-state index in [4.69, 9.17) is 0 Å². The van der Waals surface area contributed by atoms with Gasteiger partial charge in [0.15, 0.2) is 0 Å². The number of rotatable bonds is 1.